The van der Waals surface area contributed by atoms with E-state index in [9.17, 15) is 22.8 Å². The van der Waals surface area contributed by atoms with Gasteiger partial charge in [-0.1, -0.05) is 6.07 Å². The molecule has 0 aliphatic heterocycles. The average Bonchev–Trinajstić information content (AvgIpc) is 3.38. The van der Waals surface area contributed by atoms with Crippen LogP contribution in [0.3, 0.4) is 0 Å². The summed E-state index contributed by atoms with van der Waals surface area (Å²) in [7, 11) is 1.56. The van der Waals surface area contributed by atoms with E-state index < -0.39 is 23.4 Å². The van der Waals surface area contributed by atoms with Gasteiger partial charge in [-0.2, -0.15) is 18.3 Å². The molecule has 32 heavy (non-hydrogen) atoms. The molecule has 4 rings (SSSR count). The van der Waals surface area contributed by atoms with E-state index in [1.165, 1.54) is 29.2 Å². The highest BCUT2D eigenvalue weighted by molar-refractivity contribution is 5.94. The molecule has 4 aromatic rings. The predicted molar refractivity (Wildman–Crippen MR) is 104 cm³/mol. The third-order valence-corrected chi connectivity index (χ3v) is 4.74. The van der Waals surface area contributed by atoms with Crippen molar-refractivity contribution in [3.05, 3.63) is 77.5 Å². The first kappa shape index (κ1) is 21.0. The normalized spacial score (nSPS) is 11.6. The van der Waals surface area contributed by atoms with Gasteiger partial charge in [-0.15, -0.1) is 10.2 Å². The molecule has 0 radical (unpaired) electrons. The van der Waals surface area contributed by atoms with E-state index in [1.807, 2.05) is 6.07 Å². The molecule has 1 aromatic carbocycles. The number of hydrogen-bond donors (Lipinski definition) is 1. The molecule has 0 aliphatic carbocycles. The minimum atomic E-state index is -4.93. The third kappa shape index (κ3) is 3.77. The van der Waals surface area contributed by atoms with E-state index in [0.29, 0.717) is 22.4 Å². The number of alkyl halides is 3. The summed E-state index contributed by atoms with van der Waals surface area (Å²) >= 11 is 0. The predicted octanol–water partition coefficient (Wildman–Crippen LogP) is 2.90. The molecule has 1 amide bonds. The van der Waals surface area contributed by atoms with Gasteiger partial charge in [-0.05, 0) is 36.4 Å². The minimum Gasteiger partial charge on any atom is -0.478 e. The number of aromatic nitrogens is 5. The lowest BCUT2D eigenvalue weighted by atomic mass is 10.1. The Morgan fingerprint density at radius 1 is 1.09 bits per heavy atom. The lowest BCUT2D eigenvalue weighted by molar-refractivity contribution is -0.143. The molecule has 3 heterocycles. The van der Waals surface area contributed by atoms with Crippen molar-refractivity contribution in [2.45, 2.75) is 12.7 Å². The van der Waals surface area contributed by atoms with E-state index in [4.69, 9.17) is 5.11 Å². The Morgan fingerprint density at radius 3 is 2.47 bits per heavy atom. The van der Waals surface area contributed by atoms with Crippen LogP contribution in [0.25, 0.3) is 11.3 Å². The fraction of sp³-hybridized carbons (Fsp3) is 0.150. The molecule has 1 N–H and O–H groups in total. The molecular formula is C20H15F3N6O3. The summed E-state index contributed by atoms with van der Waals surface area (Å²) in [6.07, 6.45) is -2.52. The Balaban J connectivity index is 1.58. The van der Waals surface area contributed by atoms with Crippen molar-refractivity contribution >= 4 is 17.5 Å². The summed E-state index contributed by atoms with van der Waals surface area (Å²) in [6.45, 7) is 0.158. The van der Waals surface area contributed by atoms with E-state index >= 15 is 0 Å². The highest BCUT2D eigenvalue weighted by atomic mass is 19.4. The molecular weight excluding hydrogens is 429 g/mol. The maximum absolute atomic E-state index is 13.4. The second kappa shape index (κ2) is 7.80. The Labute approximate surface area is 178 Å². The first-order valence-electron chi connectivity index (χ1n) is 9.20. The van der Waals surface area contributed by atoms with Crippen LogP contribution < -0.4 is 0 Å². The van der Waals surface area contributed by atoms with Crippen LogP contribution in [0.1, 0.15) is 32.2 Å². The Bertz CT molecular complexity index is 1310. The van der Waals surface area contributed by atoms with Crippen LogP contribution in [0.5, 0.6) is 0 Å². The number of rotatable bonds is 5. The van der Waals surface area contributed by atoms with Crippen molar-refractivity contribution in [2.75, 3.05) is 7.05 Å². The van der Waals surface area contributed by atoms with Crippen LogP contribution in [-0.4, -0.2) is 53.3 Å². The molecule has 164 valence electrons. The number of carboxylic acid groups (broad SMARTS) is 1. The molecule has 0 aliphatic rings. The number of fused-ring (bicyclic) bond motifs is 1. The largest absolute Gasteiger partial charge is 0.478 e. The summed E-state index contributed by atoms with van der Waals surface area (Å²) in [5, 5.41) is 20.7. The highest BCUT2D eigenvalue weighted by Gasteiger charge is 2.40. The van der Waals surface area contributed by atoms with E-state index in [-0.39, 0.29) is 23.7 Å². The average molecular weight is 444 g/mol. The first-order chi connectivity index (χ1) is 15.2. The van der Waals surface area contributed by atoms with E-state index in [0.717, 1.165) is 0 Å². The van der Waals surface area contributed by atoms with Crippen LogP contribution in [0.2, 0.25) is 0 Å². The quantitative estimate of drug-likeness (QED) is 0.508. The molecule has 0 atom stereocenters. The van der Waals surface area contributed by atoms with Gasteiger partial charge in [0.05, 0.1) is 18.4 Å². The second-order valence-electron chi connectivity index (χ2n) is 6.87. The maximum Gasteiger partial charge on any atom is 0.434 e. The Kier molecular flexibility index (Phi) is 5.12. The molecule has 0 spiro atoms. The summed E-state index contributed by atoms with van der Waals surface area (Å²) in [6, 6.07) is 10.6. The topological polar surface area (TPSA) is 106 Å². The number of carbonyl (C=O) groups is 2. The van der Waals surface area contributed by atoms with E-state index in [2.05, 4.69) is 15.3 Å². The molecule has 12 heteroatoms. The number of amides is 1. The number of pyridine rings is 1. The summed E-state index contributed by atoms with van der Waals surface area (Å²) in [5.74, 6) is -1.58. The van der Waals surface area contributed by atoms with Crippen molar-refractivity contribution < 1.29 is 27.9 Å². The summed E-state index contributed by atoms with van der Waals surface area (Å²) in [5.41, 5.74) is -1.54. The molecule has 0 saturated carbocycles. The fourth-order valence-corrected chi connectivity index (χ4v) is 3.22. The molecule has 3 aromatic heterocycles. The number of carboxylic acids is 1. The molecule has 0 bridgehead atoms. The van der Waals surface area contributed by atoms with Crippen LogP contribution in [0.4, 0.5) is 13.2 Å². The molecule has 0 unspecified atom stereocenters. The van der Waals surface area contributed by atoms with Crippen molar-refractivity contribution in [3.63, 3.8) is 0 Å². The lowest BCUT2D eigenvalue weighted by Gasteiger charge is -2.17. The lowest BCUT2D eigenvalue weighted by Crippen LogP contribution is -2.27. The van der Waals surface area contributed by atoms with Gasteiger partial charge in [-0.25, -0.2) is 9.48 Å². The number of aromatic carboxylic acids is 1. The zero-order valence-corrected chi connectivity index (χ0v) is 16.5. The van der Waals surface area contributed by atoms with E-state index in [1.54, 1.807) is 29.8 Å². The van der Waals surface area contributed by atoms with Gasteiger partial charge in [0.25, 0.3) is 5.91 Å². The zero-order chi connectivity index (χ0) is 23.0. The van der Waals surface area contributed by atoms with Gasteiger partial charge in [-0.3, -0.25) is 9.20 Å². The zero-order valence-electron chi connectivity index (χ0n) is 16.5. The third-order valence-electron chi connectivity index (χ3n) is 4.74. The molecule has 0 saturated heterocycles. The Hall–Kier alpha value is -4.22. The van der Waals surface area contributed by atoms with Gasteiger partial charge >= 0.3 is 12.1 Å². The summed E-state index contributed by atoms with van der Waals surface area (Å²) in [4.78, 5) is 25.3. The SMILES string of the molecule is CN(Cc1nnc2ccccn12)C(=O)c1ccc(-n2ncc(C(=O)O)c2C(F)(F)F)cc1. The van der Waals surface area contributed by atoms with Crippen molar-refractivity contribution in [3.8, 4) is 5.69 Å². The number of benzene rings is 1. The second-order valence-corrected chi connectivity index (χ2v) is 6.87. The summed E-state index contributed by atoms with van der Waals surface area (Å²) < 4.78 is 42.4. The number of hydrogen-bond acceptors (Lipinski definition) is 5. The fourth-order valence-electron chi connectivity index (χ4n) is 3.22. The van der Waals surface area contributed by atoms with Crippen molar-refractivity contribution in [1.82, 2.24) is 29.3 Å². The number of nitrogens with zero attached hydrogens (tertiary/aromatic N) is 6. The first-order valence-corrected chi connectivity index (χ1v) is 9.20. The van der Waals surface area contributed by atoms with Crippen LogP contribution in [0.15, 0.2) is 54.9 Å². The van der Waals surface area contributed by atoms with Gasteiger partial charge in [0.15, 0.2) is 17.2 Å². The van der Waals surface area contributed by atoms with Gasteiger partial charge in [0, 0.05) is 18.8 Å². The van der Waals surface area contributed by atoms with Crippen LogP contribution in [0, 0.1) is 0 Å². The van der Waals surface area contributed by atoms with Gasteiger partial charge in [0.2, 0.25) is 0 Å². The van der Waals surface area contributed by atoms with Crippen LogP contribution >= 0.6 is 0 Å². The monoisotopic (exact) mass is 444 g/mol. The van der Waals surface area contributed by atoms with Crippen molar-refractivity contribution in [2.24, 2.45) is 0 Å². The van der Waals surface area contributed by atoms with Crippen LogP contribution in [-0.2, 0) is 12.7 Å². The molecule has 0 fully saturated rings. The van der Waals surface area contributed by atoms with Crippen molar-refractivity contribution in [1.29, 1.82) is 0 Å². The highest BCUT2D eigenvalue weighted by Crippen LogP contribution is 2.33. The molecule has 9 nitrogen and oxygen atoms in total. The standard InChI is InChI=1S/C20H15F3N6O3/c1-27(11-16-26-25-15-4-2-3-9-28(15)16)18(30)12-5-7-13(8-6-12)29-17(20(21,22)23)14(10-24-29)19(31)32/h2-10H,11H2,1H3,(H,31,32). The minimum absolute atomic E-state index is 0.0347. The van der Waals surface area contributed by atoms with Gasteiger partial charge < -0.3 is 10.0 Å². The number of halogens is 3. The maximum atomic E-state index is 13.4. The number of carbonyl (C=O) groups excluding carboxylic acids is 1. The smallest absolute Gasteiger partial charge is 0.434 e. The van der Waals surface area contributed by atoms with Gasteiger partial charge in [0.1, 0.15) is 5.56 Å². The Morgan fingerprint density at radius 2 is 1.81 bits per heavy atom.